The zero-order valence-electron chi connectivity index (χ0n) is 9.88. The van der Waals surface area contributed by atoms with Crippen LogP contribution in [0.5, 0.6) is 5.75 Å². The van der Waals surface area contributed by atoms with E-state index in [0.717, 1.165) is 5.69 Å². The van der Waals surface area contributed by atoms with Gasteiger partial charge in [0.1, 0.15) is 5.75 Å². The highest BCUT2D eigenvalue weighted by Gasteiger charge is 2.11. The van der Waals surface area contributed by atoms with Crippen molar-refractivity contribution in [2.24, 2.45) is 0 Å². The number of phenols is 1. The third-order valence-corrected chi connectivity index (χ3v) is 3.34. The van der Waals surface area contributed by atoms with E-state index in [-0.39, 0.29) is 5.75 Å². The Balaban J connectivity index is 1.90. The zero-order chi connectivity index (χ0) is 13.9. The smallest absolute Gasteiger partial charge is 0.221 e. The summed E-state index contributed by atoms with van der Waals surface area (Å²) in [6.45, 7) is 0. The van der Waals surface area contributed by atoms with Gasteiger partial charge in [0.05, 0.1) is 23.1 Å². The molecule has 0 aliphatic heterocycles. The Morgan fingerprint density at radius 3 is 2.50 bits per heavy atom. The summed E-state index contributed by atoms with van der Waals surface area (Å²) < 4.78 is 1.53. The molecule has 0 aliphatic rings. The van der Waals surface area contributed by atoms with Gasteiger partial charge in [-0.1, -0.05) is 11.6 Å². The molecule has 3 rings (SSSR count). The highest BCUT2D eigenvalue weighted by atomic mass is 35.5. The molecule has 0 unspecified atom stereocenters. The molecule has 0 bridgehead atoms. The summed E-state index contributed by atoms with van der Waals surface area (Å²) in [6.07, 6.45) is 3.01. The summed E-state index contributed by atoms with van der Waals surface area (Å²) in [6, 6.07) is 6.53. The molecule has 0 fully saturated rings. The lowest BCUT2D eigenvalue weighted by Gasteiger charge is -2.03. The molecule has 1 N–H and O–H groups in total. The van der Waals surface area contributed by atoms with Crippen LogP contribution < -0.4 is 0 Å². The van der Waals surface area contributed by atoms with E-state index in [0.29, 0.717) is 15.3 Å². The molecule has 0 amide bonds. The SMILES string of the molecule is Oc1ccc(-n2nnnc2Sc2ncc(Cl)cn2)cc1. The topological polar surface area (TPSA) is 89.6 Å². The number of aromatic hydroxyl groups is 1. The quantitative estimate of drug-likeness (QED) is 0.740. The molecule has 0 atom stereocenters. The fourth-order valence-electron chi connectivity index (χ4n) is 1.43. The van der Waals surface area contributed by atoms with Crippen molar-refractivity contribution in [3.8, 4) is 11.4 Å². The molecule has 1 aromatic carbocycles. The van der Waals surface area contributed by atoms with Crippen LogP contribution in [0.25, 0.3) is 5.69 Å². The van der Waals surface area contributed by atoms with Crippen LogP contribution in [0.1, 0.15) is 0 Å². The zero-order valence-corrected chi connectivity index (χ0v) is 11.5. The van der Waals surface area contributed by atoms with Gasteiger partial charge in [-0.2, -0.15) is 4.68 Å². The maximum atomic E-state index is 9.29. The Hall–Kier alpha value is -2.19. The molecule has 9 heteroatoms. The molecule has 100 valence electrons. The molecule has 3 aromatic rings. The van der Waals surface area contributed by atoms with Crippen molar-refractivity contribution >= 4 is 23.4 Å². The number of hydrogen-bond acceptors (Lipinski definition) is 7. The van der Waals surface area contributed by atoms with Gasteiger partial charge >= 0.3 is 0 Å². The van der Waals surface area contributed by atoms with E-state index in [9.17, 15) is 5.11 Å². The third-order valence-electron chi connectivity index (χ3n) is 2.31. The maximum Gasteiger partial charge on any atom is 0.221 e. The van der Waals surface area contributed by atoms with Crippen LogP contribution in [0, 0.1) is 0 Å². The average molecular weight is 307 g/mol. The molecule has 0 saturated heterocycles. The van der Waals surface area contributed by atoms with Gasteiger partial charge in [0.25, 0.3) is 0 Å². The lowest BCUT2D eigenvalue weighted by Crippen LogP contribution is -1.99. The first-order valence-corrected chi connectivity index (χ1v) is 6.65. The van der Waals surface area contributed by atoms with Crippen LogP contribution in [-0.4, -0.2) is 35.3 Å². The minimum absolute atomic E-state index is 0.178. The first-order chi connectivity index (χ1) is 9.72. The third kappa shape index (κ3) is 2.70. The predicted octanol–water partition coefficient (Wildman–Crippen LogP) is 1.96. The first-order valence-electron chi connectivity index (χ1n) is 5.45. The van der Waals surface area contributed by atoms with Crippen molar-refractivity contribution in [1.82, 2.24) is 30.2 Å². The van der Waals surface area contributed by atoms with Crippen LogP contribution in [0.4, 0.5) is 0 Å². The van der Waals surface area contributed by atoms with E-state index < -0.39 is 0 Å². The van der Waals surface area contributed by atoms with Gasteiger partial charge in [-0.15, -0.1) is 5.10 Å². The van der Waals surface area contributed by atoms with Crippen molar-refractivity contribution in [2.75, 3.05) is 0 Å². The highest BCUT2D eigenvalue weighted by Crippen LogP contribution is 2.24. The van der Waals surface area contributed by atoms with Gasteiger partial charge in [-0.05, 0) is 46.5 Å². The molecule has 0 radical (unpaired) electrons. The summed E-state index contributed by atoms with van der Waals surface area (Å²) >= 11 is 6.94. The number of aromatic nitrogens is 6. The molecule has 0 spiro atoms. The number of hydrogen-bond donors (Lipinski definition) is 1. The Morgan fingerprint density at radius 2 is 1.80 bits per heavy atom. The molecule has 2 aromatic heterocycles. The Labute approximate surface area is 122 Å². The number of phenolic OH excluding ortho intramolecular Hbond substituents is 1. The van der Waals surface area contributed by atoms with E-state index in [2.05, 4.69) is 25.5 Å². The predicted molar refractivity (Wildman–Crippen MR) is 72.0 cm³/mol. The van der Waals surface area contributed by atoms with Gasteiger partial charge in [0.2, 0.25) is 5.16 Å². The average Bonchev–Trinajstić information content (AvgIpc) is 2.90. The van der Waals surface area contributed by atoms with Crippen LogP contribution in [0.3, 0.4) is 0 Å². The van der Waals surface area contributed by atoms with Crippen LogP contribution in [0.15, 0.2) is 47.0 Å². The minimum Gasteiger partial charge on any atom is -0.508 e. The molecule has 20 heavy (non-hydrogen) atoms. The monoisotopic (exact) mass is 306 g/mol. The number of rotatable bonds is 3. The number of tetrazole rings is 1. The molecule has 0 aliphatic carbocycles. The second-order valence-electron chi connectivity index (χ2n) is 3.68. The van der Waals surface area contributed by atoms with Crippen molar-refractivity contribution in [3.05, 3.63) is 41.7 Å². The summed E-state index contributed by atoms with van der Waals surface area (Å²) in [7, 11) is 0. The fraction of sp³-hybridized carbons (Fsp3) is 0. The highest BCUT2D eigenvalue weighted by molar-refractivity contribution is 7.99. The van der Waals surface area contributed by atoms with Crippen molar-refractivity contribution in [1.29, 1.82) is 0 Å². The molecule has 0 saturated carbocycles. The van der Waals surface area contributed by atoms with Gasteiger partial charge in [-0.25, -0.2) is 9.97 Å². The second kappa shape index (κ2) is 5.43. The van der Waals surface area contributed by atoms with Crippen molar-refractivity contribution < 1.29 is 5.11 Å². The second-order valence-corrected chi connectivity index (χ2v) is 5.05. The first kappa shape index (κ1) is 12.8. The van der Waals surface area contributed by atoms with Gasteiger partial charge < -0.3 is 5.11 Å². The summed E-state index contributed by atoms with van der Waals surface area (Å²) in [5, 5.41) is 22.2. The lowest BCUT2D eigenvalue weighted by molar-refractivity contribution is 0.475. The molecular formula is C11H7ClN6OS. The van der Waals surface area contributed by atoms with Crippen molar-refractivity contribution in [3.63, 3.8) is 0 Å². The van der Waals surface area contributed by atoms with Crippen LogP contribution >= 0.6 is 23.4 Å². The summed E-state index contributed by atoms with van der Waals surface area (Å²) in [5.41, 5.74) is 0.726. The Morgan fingerprint density at radius 1 is 1.10 bits per heavy atom. The summed E-state index contributed by atoms with van der Waals surface area (Å²) in [4.78, 5) is 8.15. The fourth-order valence-corrected chi connectivity index (χ4v) is 2.21. The maximum absolute atomic E-state index is 9.29. The molecule has 7 nitrogen and oxygen atoms in total. The van der Waals surface area contributed by atoms with E-state index in [1.807, 2.05) is 0 Å². The standard InChI is InChI=1S/C11H7ClN6OS/c12-7-5-13-10(14-6-7)20-11-15-16-17-18(11)8-1-3-9(19)4-2-8/h1-6,19H. The Bertz CT molecular complexity index is 715. The largest absolute Gasteiger partial charge is 0.508 e. The normalized spacial score (nSPS) is 10.7. The number of halogens is 1. The van der Waals surface area contributed by atoms with E-state index >= 15 is 0 Å². The number of benzene rings is 1. The van der Waals surface area contributed by atoms with Gasteiger partial charge in [0.15, 0.2) is 5.16 Å². The lowest BCUT2D eigenvalue weighted by atomic mass is 10.3. The van der Waals surface area contributed by atoms with E-state index in [4.69, 9.17) is 11.6 Å². The van der Waals surface area contributed by atoms with E-state index in [1.165, 1.54) is 28.8 Å². The molecule has 2 heterocycles. The number of nitrogens with zero attached hydrogens (tertiary/aromatic N) is 6. The summed E-state index contributed by atoms with van der Waals surface area (Å²) in [5.74, 6) is 0.178. The van der Waals surface area contributed by atoms with Crippen molar-refractivity contribution in [2.45, 2.75) is 10.3 Å². The van der Waals surface area contributed by atoms with Gasteiger partial charge in [0, 0.05) is 0 Å². The minimum atomic E-state index is 0.178. The van der Waals surface area contributed by atoms with Crippen LogP contribution in [-0.2, 0) is 0 Å². The van der Waals surface area contributed by atoms with E-state index in [1.54, 1.807) is 24.3 Å². The van der Waals surface area contributed by atoms with Gasteiger partial charge in [-0.3, -0.25) is 0 Å². The Kier molecular flexibility index (Phi) is 3.48. The van der Waals surface area contributed by atoms with Crippen LogP contribution in [0.2, 0.25) is 5.02 Å². The molecular weight excluding hydrogens is 300 g/mol.